The molecule has 8 nitrogen and oxygen atoms in total. The van der Waals surface area contributed by atoms with Crippen LogP contribution in [-0.2, 0) is 44.2 Å². The van der Waals surface area contributed by atoms with Crippen LogP contribution in [0.25, 0.3) is 10.6 Å². The Balaban J connectivity index is 0.000000490. The Morgan fingerprint density at radius 2 is 0.806 bits per heavy atom. The van der Waals surface area contributed by atoms with Crippen LogP contribution >= 0.6 is 0 Å². The van der Waals surface area contributed by atoms with Gasteiger partial charge < -0.3 is 39.8 Å². The van der Waals surface area contributed by atoms with Crippen molar-refractivity contribution in [3.63, 3.8) is 0 Å². The third-order valence-electron chi connectivity index (χ3n) is 10.3. The molecule has 0 N–H and O–H groups in total. The van der Waals surface area contributed by atoms with Gasteiger partial charge in [0.05, 0.1) is 14.2 Å². The summed E-state index contributed by atoms with van der Waals surface area (Å²) in [5, 5.41) is 35.2. The van der Waals surface area contributed by atoms with Crippen molar-refractivity contribution in [2.24, 2.45) is 0 Å². The molecule has 0 atom stereocenters. The van der Waals surface area contributed by atoms with Gasteiger partial charge in [-0.15, -0.1) is 24.6 Å². The van der Waals surface area contributed by atoms with E-state index in [1.807, 2.05) is 60.7 Å². The second-order valence-corrected chi connectivity index (χ2v) is 19.6. The largest absolute Gasteiger partial charge is 3.00 e. The molecule has 4 aromatic carbocycles. The number of para-hydroxylation sites is 4. The van der Waals surface area contributed by atoms with Crippen LogP contribution in [0, 0.1) is 46.9 Å². The van der Waals surface area contributed by atoms with Crippen LogP contribution in [0.5, 0.6) is 23.0 Å². The van der Waals surface area contributed by atoms with E-state index in [0.717, 1.165) is 71.6 Å². The zero-order valence-electron chi connectivity index (χ0n) is 40.6. The van der Waals surface area contributed by atoms with E-state index in [-0.39, 0.29) is 98.9 Å². The monoisotopic (exact) mass is 1000 g/mol. The predicted molar refractivity (Wildman–Crippen MR) is 246 cm³/mol. The molecule has 62 heavy (non-hydrogen) atoms. The molecule has 0 unspecified atom stereocenters. The van der Waals surface area contributed by atoms with Gasteiger partial charge in [-0.3, -0.25) is 0 Å². The molecule has 0 saturated carbocycles. The summed E-state index contributed by atoms with van der Waals surface area (Å²) < 4.78 is 20.6. The summed E-state index contributed by atoms with van der Waals surface area (Å²) in [5.41, 5.74) is 6.62. The van der Waals surface area contributed by atoms with Crippen molar-refractivity contribution in [2.45, 2.75) is 144 Å². The van der Waals surface area contributed by atoms with Crippen LogP contribution in [0.3, 0.4) is 0 Å². The number of rotatable bonds is 8. The van der Waals surface area contributed by atoms with Crippen LogP contribution in [0.1, 0.15) is 142 Å². The normalized spacial score (nSPS) is 13.6. The van der Waals surface area contributed by atoms with Crippen molar-refractivity contribution < 1.29 is 94.9 Å². The van der Waals surface area contributed by atoms with Crippen LogP contribution in [0.4, 0.5) is 11.4 Å². The van der Waals surface area contributed by atoms with Crippen LogP contribution in [0.15, 0.2) is 72.8 Å². The smallest absolute Gasteiger partial charge is 0.872 e. The Labute approximate surface area is 426 Å². The maximum Gasteiger partial charge on any atom is 3.00 e. The van der Waals surface area contributed by atoms with Gasteiger partial charge in [0, 0.05) is 26.4 Å². The van der Waals surface area contributed by atoms with E-state index in [9.17, 15) is 10.2 Å². The van der Waals surface area contributed by atoms with E-state index in [0.29, 0.717) is 13.1 Å². The first-order chi connectivity index (χ1) is 28.1. The van der Waals surface area contributed by atoms with E-state index in [2.05, 4.69) is 106 Å². The Hall–Kier alpha value is -2.28. The van der Waals surface area contributed by atoms with Gasteiger partial charge >= 0.3 is 65.8 Å². The van der Waals surface area contributed by atoms with Crippen molar-refractivity contribution in [1.29, 1.82) is 0 Å². The SMILES string of the molecule is C1CCOC1.C1CCOC1.COc1ccccc1[N-]Cc1cc(C(C)(C)C)cc(C(C)(C)C)c1[O-].COc1ccccc1[N-]Cc1cc(C(C)(C)C)cc(C(C)(C)C)c1[O-].[Li+].[Yb+3]. The van der Waals surface area contributed by atoms with Crippen molar-refractivity contribution >= 4 is 11.4 Å². The van der Waals surface area contributed by atoms with Crippen molar-refractivity contribution in [1.82, 2.24) is 0 Å². The molecule has 0 spiro atoms. The summed E-state index contributed by atoms with van der Waals surface area (Å²) in [4.78, 5) is 0. The minimum atomic E-state index is -0.197. The topological polar surface area (TPSA) is 111 Å². The summed E-state index contributed by atoms with van der Waals surface area (Å²) in [6.45, 7) is 30.2. The van der Waals surface area contributed by atoms with Gasteiger partial charge in [-0.05, 0) is 70.6 Å². The average Bonchev–Trinajstić information content (AvgIpc) is 3.97. The Morgan fingerprint density at radius 3 is 1.05 bits per heavy atom. The molecule has 2 saturated heterocycles. The molecule has 0 aromatic heterocycles. The van der Waals surface area contributed by atoms with Crippen LogP contribution in [-0.4, -0.2) is 40.6 Å². The average molecular weight is 1000 g/mol. The molecule has 6 rings (SSSR count). The number of nitrogens with zero attached hydrogens (tertiary/aromatic N) is 2. The molecular weight excluding hydrogens is 929 g/mol. The van der Waals surface area contributed by atoms with E-state index >= 15 is 0 Å². The molecule has 2 heterocycles. The maximum absolute atomic E-state index is 13.0. The summed E-state index contributed by atoms with van der Waals surface area (Å²) in [6.07, 6.45) is 5.11. The standard InChI is InChI=1S/2C22H30NO2.2C4H8O.Li.Yb/c2*1-21(2,3)16-12-15(20(24)17(13-16)22(4,5)6)14-23-18-10-8-9-11-19(18)25-7;2*1-2-4-5-3-1;;/h2*8-13,24H,14H2,1-7H3;2*1-4H2;;/q2*-1;;;+1;+3/p-2. The molecule has 2 aliphatic rings. The second-order valence-electron chi connectivity index (χ2n) is 19.6. The molecule has 1 radical (unpaired) electrons. The third kappa shape index (κ3) is 18.7. The van der Waals surface area contributed by atoms with Gasteiger partial charge in [0.25, 0.3) is 0 Å². The molecule has 2 aliphatic heterocycles. The number of hydrogen-bond acceptors (Lipinski definition) is 6. The molecule has 2 fully saturated rings. The van der Waals surface area contributed by atoms with Gasteiger partial charge in [-0.2, -0.15) is 0 Å². The van der Waals surface area contributed by atoms with Gasteiger partial charge in [0.1, 0.15) is 11.5 Å². The fraction of sp³-hybridized carbons (Fsp3) is 0.538. The Kier molecular flexibility index (Phi) is 24.8. The van der Waals surface area contributed by atoms with E-state index < -0.39 is 0 Å². The second kappa shape index (κ2) is 26.6. The van der Waals surface area contributed by atoms with Gasteiger partial charge in [-0.25, -0.2) is 0 Å². The fourth-order valence-corrected chi connectivity index (χ4v) is 6.48. The zero-order chi connectivity index (χ0) is 44.7. The van der Waals surface area contributed by atoms with Crippen LogP contribution < -0.4 is 38.5 Å². The number of benzene rings is 4. The quantitative estimate of drug-likeness (QED) is 0.163. The Bertz CT molecular complexity index is 1760. The molecule has 10 heteroatoms. The first-order valence-electron chi connectivity index (χ1n) is 21.5. The summed E-state index contributed by atoms with van der Waals surface area (Å²) >= 11 is 0. The number of ether oxygens (including phenoxy) is 4. The minimum absolute atomic E-state index is 0. The van der Waals surface area contributed by atoms with E-state index in [1.54, 1.807) is 14.2 Å². The number of methoxy groups -OCH3 is 2. The predicted octanol–water partition coefficient (Wildman–Crippen LogP) is 9.74. The van der Waals surface area contributed by atoms with Crippen molar-refractivity contribution in [3.05, 3.63) is 117 Å². The third-order valence-corrected chi connectivity index (χ3v) is 10.3. The van der Waals surface area contributed by atoms with E-state index in [4.69, 9.17) is 18.9 Å². The Morgan fingerprint density at radius 1 is 0.500 bits per heavy atom. The summed E-state index contributed by atoms with van der Waals surface area (Å²) in [7, 11) is 3.26. The molecule has 0 amide bonds. The van der Waals surface area contributed by atoms with Crippen LogP contribution in [0.2, 0.25) is 0 Å². The molecule has 4 aromatic rings. The van der Waals surface area contributed by atoms with Gasteiger partial charge in [-0.1, -0.05) is 177 Å². The van der Waals surface area contributed by atoms with E-state index in [1.165, 1.54) is 36.8 Å². The first kappa shape index (κ1) is 57.7. The van der Waals surface area contributed by atoms with Gasteiger partial charge in [0.15, 0.2) is 0 Å². The summed E-state index contributed by atoms with van der Waals surface area (Å²) in [6, 6.07) is 23.4. The minimum Gasteiger partial charge on any atom is -0.872 e. The summed E-state index contributed by atoms with van der Waals surface area (Å²) in [5.74, 6) is 1.63. The molecule has 0 aliphatic carbocycles. The zero-order valence-corrected chi connectivity index (χ0v) is 42.3. The maximum atomic E-state index is 13.0. The molecule has 0 bridgehead atoms. The van der Waals surface area contributed by atoms with Gasteiger partial charge in [0.2, 0.25) is 0 Å². The molecule has 343 valence electrons. The van der Waals surface area contributed by atoms with Crippen molar-refractivity contribution in [3.8, 4) is 23.0 Å². The van der Waals surface area contributed by atoms with Crippen molar-refractivity contribution in [2.75, 3.05) is 40.6 Å². The number of hydrogen-bond donors (Lipinski definition) is 0. The fourth-order valence-electron chi connectivity index (χ4n) is 6.48. The first-order valence-corrected chi connectivity index (χ1v) is 21.5. The molecular formula is C52H74LiN2O6Yb.